The van der Waals surface area contributed by atoms with E-state index in [1.54, 1.807) is 0 Å². The van der Waals surface area contributed by atoms with Crippen molar-refractivity contribution in [2.45, 2.75) is 64.7 Å². The molecule has 1 heterocycles. The molecule has 3 heteroatoms. The predicted octanol–water partition coefficient (Wildman–Crippen LogP) is 2.35. The molecule has 1 aliphatic rings. The van der Waals surface area contributed by atoms with Crippen LogP contribution in [0.3, 0.4) is 0 Å². The molecule has 0 aromatic carbocycles. The lowest BCUT2D eigenvalue weighted by Crippen LogP contribution is -2.41. The summed E-state index contributed by atoms with van der Waals surface area (Å²) in [5.41, 5.74) is 0.181. The van der Waals surface area contributed by atoms with Crippen molar-refractivity contribution in [3.63, 3.8) is 0 Å². The molecule has 1 saturated heterocycles. The van der Waals surface area contributed by atoms with E-state index in [9.17, 15) is 0 Å². The van der Waals surface area contributed by atoms with Crippen LogP contribution in [0.5, 0.6) is 0 Å². The van der Waals surface area contributed by atoms with Crippen LogP contribution in [-0.4, -0.2) is 37.5 Å². The Morgan fingerprint density at radius 3 is 2.56 bits per heavy atom. The number of hydrogen-bond acceptors (Lipinski definition) is 3. The molecule has 1 fully saturated rings. The summed E-state index contributed by atoms with van der Waals surface area (Å²) in [7, 11) is 0. The van der Waals surface area contributed by atoms with E-state index in [1.165, 1.54) is 0 Å². The van der Waals surface area contributed by atoms with Crippen molar-refractivity contribution >= 4 is 0 Å². The van der Waals surface area contributed by atoms with Gasteiger partial charge < -0.3 is 14.8 Å². The molecule has 0 aliphatic carbocycles. The first-order valence-corrected chi connectivity index (χ1v) is 6.49. The van der Waals surface area contributed by atoms with Gasteiger partial charge in [0.15, 0.2) is 0 Å². The average molecular weight is 229 g/mol. The van der Waals surface area contributed by atoms with Gasteiger partial charge in [-0.3, -0.25) is 0 Å². The molecule has 0 saturated carbocycles. The summed E-state index contributed by atoms with van der Waals surface area (Å²) in [5.74, 6) is 0. The maximum Gasteiger partial charge on any atom is 0.0813 e. The highest BCUT2D eigenvalue weighted by Gasteiger charge is 2.26. The zero-order valence-electron chi connectivity index (χ0n) is 11.2. The molecule has 0 bridgehead atoms. The molecule has 96 valence electrons. The molecular formula is C13H27NO2. The zero-order chi connectivity index (χ0) is 12.0. The summed E-state index contributed by atoms with van der Waals surface area (Å²) in [5, 5.41) is 3.49. The summed E-state index contributed by atoms with van der Waals surface area (Å²) < 4.78 is 11.4. The summed E-state index contributed by atoms with van der Waals surface area (Å²) in [6.07, 6.45) is 4.07. The van der Waals surface area contributed by atoms with E-state index in [0.717, 1.165) is 39.0 Å². The highest BCUT2D eigenvalue weighted by molar-refractivity contribution is 4.79. The van der Waals surface area contributed by atoms with Crippen molar-refractivity contribution in [1.82, 2.24) is 5.32 Å². The van der Waals surface area contributed by atoms with E-state index in [4.69, 9.17) is 9.47 Å². The lowest BCUT2D eigenvalue weighted by atomic mass is 10.1. The van der Waals surface area contributed by atoms with E-state index < -0.39 is 0 Å². The van der Waals surface area contributed by atoms with Crippen LogP contribution in [0.1, 0.15) is 47.0 Å². The fourth-order valence-electron chi connectivity index (χ4n) is 1.83. The Morgan fingerprint density at radius 2 is 1.94 bits per heavy atom. The van der Waals surface area contributed by atoms with Crippen LogP contribution in [0.4, 0.5) is 0 Å². The van der Waals surface area contributed by atoms with E-state index in [1.807, 2.05) is 0 Å². The molecular weight excluding hydrogens is 202 g/mol. The second kappa shape index (κ2) is 6.58. The summed E-state index contributed by atoms with van der Waals surface area (Å²) >= 11 is 0. The van der Waals surface area contributed by atoms with Crippen LogP contribution < -0.4 is 5.32 Å². The Morgan fingerprint density at radius 1 is 1.25 bits per heavy atom. The average Bonchev–Trinajstić information content (AvgIpc) is 2.62. The van der Waals surface area contributed by atoms with Crippen molar-refractivity contribution in [3.8, 4) is 0 Å². The van der Waals surface area contributed by atoms with E-state index in [0.29, 0.717) is 12.2 Å². The number of rotatable bonds is 6. The van der Waals surface area contributed by atoms with Crippen molar-refractivity contribution < 1.29 is 9.47 Å². The SMILES string of the molecule is CCCOCC1CCC(CNC(C)(C)C)O1. The minimum Gasteiger partial charge on any atom is -0.379 e. The fourth-order valence-corrected chi connectivity index (χ4v) is 1.83. The largest absolute Gasteiger partial charge is 0.379 e. The standard InChI is InChI=1S/C13H27NO2/c1-5-8-15-10-12-7-6-11(16-12)9-14-13(2,3)4/h11-12,14H,5-10H2,1-4H3. The smallest absolute Gasteiger partial charge is 0.0813 e. The van der Waals surface area contributed by atoms with E-state index >= 15 is 0 Å². The van der Waals surface area contributed by atoms with E-state index in [2.05, 4.69) is 33.0 Å². The number of ether oxygens (including phenoxy) is 2. The van der Waals surface area contributed by atoms with Crippen molar-refractivity contribution in [1.29, 1.82) is 0 Å². The van der Waals surface area contributed by atoms with Crippen LogP contribution in [0, 0.1) is 0 Å². The first kappa shape index (κ1) is 13.9. The number of hydrogen-bond donors (Lipinski definition) is 1. The molecule has 1 aliphatic heterocycles. The summed E-state index contributed by atoms with van der Waals surface area (Å²) in [6, 6.07) is 0. The molecule has 3 nitrogen and oxygen atoms in total. The van der Waals surface area contributed by atoms with Crippen LogP contribution >= 0.6 is 0 Å². The van der Waals surface area contributed by atoms with Crippen molar-refractivity contribution in [2.24, 2.45) is 0 Å². The highest BCUT2D eigenvalue weighted by Crippen LogP contribution is 2.20. The quantitative estimate of drug-likeness (QED) is 0.709. The Balaban J connectivity index is 2.10. The zero-order valence-corrected chi connectivity index (χ0v) is 11.2. The lowest BCUT2D eigenvalue weighted by Gasteiger charge is -2.23. The third-order valence-electron chi connectivity index (χ3n) is 2.71. The molecule has 0 spiro atoms. The second-order valence-electron chi connectivity index (χ2n) is 5.66. The Hall–Kier alpha value is -0.120. The molecule has 2 atom stereocenters. The minimum absolute atomic E-state index is 0.181. The van der Waals surface area contributed by atoms with Crippen molar-refractivity contribution in [3.05, 3.63) is 0 Å². The van der Waals surface area contributed by atoms with Crippen LogP contribution in [0.2, 0.25) is 0 Å². The van der Waals surface area contributed by atoms with Gasteiger partial charge >= 0.3 is 0 Å². The fraction of sp³-hybridized carbons (Fsp3) is 1.00. The van der Waals surface area contributed by atoms with Gasteiger partial charge in [-0.1, -0.05) is 6.92 Å². The molecule has 0 radical (unpaired) electrons. The normalized spacial score (nSPS) is 26.2. The summed E-state index contributed by atoms with van der Waals surface area (Å²) in [4.78, 5) is 0. The molecule has 0 amide bonds. The monoisotopic (exact) mass is 229 g/mol. The van der Waals surface area contributed by atoms with Crippen LogP contribution in [-0.2, 0) is 9.47 Å². The van der Waals surface area contributed by atoms with Gasteiger partial charge in [0.05, 0.1) is 18.8 Å². The minimum atomic E-state index is 0.181. The van der Waals surface area contributed by atoms with Crippen molar-refractivity contribution in [2.75, 3.05) is 19.8 Å². The molecule has 16 heavy (non-hydrogen) atoms. The Kier molecular flexibility index (Phi) is 5.73. The van der Waals surface area contributed by atoms with E-state index in [-0.39, 0.29) is 5.54 Å². The molecule has 1 rings (SSSR count). The van der Waals surface area contributed by atoms with Gasteiger partial charge in [-0.05, 0) is 40.0 Å². The summed E-state index contributed by atoms with van der Waals surface area (Å²) in [6.45, 7) is 11.3. The first-order valence-electron chi connectivity index (χ1n) is 6.49. The van der Waals surface area contributed by atoms with Gasteiger partial charge in [0.25, 0.3) is 0 Å². The third-order valence-corrected chi connectivity index (χ3v) is 2.71. The number of nitrogens with one attached hydrogen (secondary N) is 1. The molecule has 2 unspecified atom stereocenters. The first-order chi connectivity index (χ1) is 7.51. The maximum absolute atomic E-state index is 5.92. The van der Waals surface area contributed by atoms with Crippen LogP contribution in [0.25, 0.3) is 0 Å². The molecule has 1 N–H and O–H groups in total. The second-order valence-corrected chi connectivity index (χ2v) is 5.66. The third kappa shape index (κ3) is 5.83. The van der Waals surface area contributed by atoms with Gasteiger partial charge in [0.2, 0.25) is 0 Å². The Labute approximate surface area is 99.9 Å². The molecule has 0 aromatic rings. The highest BCUT2D eigenvalue weighted by atomic mass is 16.5. The van der Waals surface area contributed by atoms with Gasteiger partial charge in [-0.15, -0.1) is 0 Å². The molecule has 0 aromatic heterocycles. The van der Waals surface area contributed by atoms with Gasteiger partial charge in [-0.2, -0.15) is 0 Å². The van der Waals surface area contributed by atoms with Crippen LogP contribution in [0.15, 0.2) is 0 Å². The Bertz CT molecular complexity index is 189. The predicted molar refractivity (Wildman–Crippen MR) is 66.8 cm³/mol. The van der Waals surface area contributed by atoms with Gasteiger partial charge in [-0.25, -0.2) is 0 Å². The van der Waals surface area contributed by atoms with Gasteiger partial charge in [0.1, 0.15) is 0 Å². The maximum atomic E-state index is 5.92. The topological polar surface area (TPSA) is 30.5 Å². The lowest BCUT2D eigenvalue weighted by molar-refractivity contribution is -0.0155. The van der Waals surface area contributed by atoms with Gasteiger partial charge in [0, 0.05) is 18.7 Å².